The fourth-order valence-corrected chi connectivity index (χ4v) is 6.27. The van der Waals surface area contributed by atoms with Gasteiger partial charge in [0.1, 0.15) is 12.3 Å². The number of ether oxygens (including phenoxy) is 1. The Morgan fingerprint density at radius 3 is 2.23 bits per heavy atom. The minimum Gasteiger partial charge on any atom is -0.494 e. The average Bonchev–Trinajstić information content (AvgIpc) is 2.93. The van der Waals surface area contributed by atoms with E-state index in [9.17, 15) is 13.2 Å². The minimum absolute atomic E-state index is 0.0794. The number of amides is 1. The molecule has 0 aliphatic rings. The van der Waals surface area contributed by atoms with Crippen LogP contribution >= 0.6 is 11.8 Å². The number of hydrogen-bond donors (Lipinski definition) is 1. The van der Waals surface area contributed by atoms with Crippen LogP contribution in [0.3, 0.4) is 0 Å². The van der Waals surface area contributed by atoms with E-state index in [2.05, 4.69) is 17.4 Å². The maximum atomic E-state index is 13.7. The van der Waals surface area contributed by atoms with Crippen LogP contribution in [0.15, 0.2) is 107 Å². The Kier molecular flexibility index (Phi) is 9.32. The summed E-state index contributed by atoms with van der Waals surface area (Å²) in [6, 6.07) is 29.4. The molecule has 0 fully saturated rings. The van der Waals surface area contributed by atoms with Crippen LogP contribution in [-0.2, 0) is 20.6 Å². The molecule has 4 aromatic rings. The molecule has 1 N–H and O–H groups in total. The molecule has 4 rings (SSSR count). The molecule has 0 saturated carbocycles. The van der Waals surface area contributed by atoms with E-state index in [0.29, 0.717) is 23.7 Å². The zero-order valence-corrected chi connectivity index (χ0v) is 23.9. The van der Waals surface area contributed by atoms with Crippen LogP contribution in [0.25, 0.3) is 0 Å². The van der Waals surface area contributed by atoms with Crippen molar-refractivity contribution in [2.24, 2.45) is 0 Å². The molecule has 8 heteroatoms. The lowest BCUT2D eigenvalue weighted by molar-refractivity contribution is -0.114. The van der Waals surface area contributed by atoms with Crippen molar-refractivity contribution in [3.63, 3.8) is 0 Å². The molecule has 39 heavy (non-hydrogen) atoms. The Hall–Kier alpha value is -3.75. The molecule has 6 nitrogen and oxygen atoms in total. The van der Waals surface area contributed by atoms with Crippen LogP contribution in [-0.4, -0.2) is 27.5 Å². The fraction of sp³-hybridized carbons (Fsp3) is 0.194. The van der Waals surface area contributed by atoms with E-state index < -0.39 is 15.9 Å². The van der Waals surface area contributed by atoms with Gasteiger partial charge in [0.15, 0.2) is 0 Å². The number of hydrogen-bond acceptors (Lipinski definition) is 5. The van der Waals surface area contributed by atoms with E-state index in [1.165, 1.54) is 17.0 Å². The van der Waals surface area contributed by atoms with Gasteiger partial charge in [0.25, 0.3) is 10.0 Å². The van der Waals surface area contributed by atoms with Gasteiger partial charge in [0, 0.05) is 16.3 Å². The minimum atomic E-state index is -4.02. The van der Waals surface area contributed by atoms with Crippen molar-refractivity contribution in [1.82, 2.24) is 0 Å². The monoisotopic (exact) mass is 560 g/mol. The van der Waals surface area contributed by atoms with Crippen LogP contribution in [0, 0.1) is 13.8 Å². The van der Waals surface area contributed by atoms with Crippen LogP contribution in [0.1, 0.15) is 23.6 Å². The summed E-state index contributed by atoms with van der Waals surface area (Å²) in [5.41, 5.74) is 4.10. The molecular weight excluding hydrogens is 528 g/mol. The van der Waals surface area contributed by atoms with Gasteiger partial charge in [0.2, 0.25) is 5.91 Å². The third-order valence-corrected chi connectivity index (χ3v) is 8.92. The van der Waals surface area contributed by atoms with Gasteiger partial charge < -0.3 is 10.1 Å². The molecule has 202 valence electrons. The van der Waals surface area contributed by atoms with Gasteiger partial charge >= 0.3 is 0 Å². The normalized spacial score (nSPS) is 11.2. The maximum absolute atomic E-state index is 13.7. The zero-order chi connectivity index (χ0) is 27.8. The highest BCUT2D eigenvalue weighted by Gasteiger charge is 2.27. The van der Waals surface area contributed by atoms with Crippen molar-refractivity contribution in [1.29, 1.82) is 0 Å². The van der Waals surface area contributed by atoms with Crippen LogP contribution < -0.4 is 14.4 Å². The number of aryl methyl sites for hydroxylation is 2. The van der Waals surface area contributed by atoms with E-state index in [1.54, 1.807) is 36.0 Å². The third-order valence-electron chi connectivity index (χ3n) is 6.05. The second-order valence-electron chi connectivity index (χ2n) is 9.05. The summed E-state index contributed by atoms with van der Waals surface area (Å²) in [7, 11) is -4.02. The zero-order valence-electron chi connectivity index (χ0n) is 22.3. The largest absolute Gasteiger partial charge is 0.494 e. The quantitative estimate of drug-likeness (QED) is 0.204. The molecule has 0 bridgehead atoms. The number of nitrogens with zero attached hydrogens (tertiary/aromatic N) is 1. The number of benzene rings is 4. The Morgan fingerprint density at radius 1 is 0.897 bits per heavy atom. The molecule has 0 atom stereocenters. The molecule has 0 heterocycles. The fourth-order valence-electron chi connectivity index (χ4n) is 3.99. The Balaban J connectivity index is 1.51. The second kappa shape index (κ2) is 12.9. The van der Waals surface area contributed by atoms with Crippen molar-refractivity contribution in [3.05, 3.63) is 114 Å². The summed E-state index contributed by atoms with van der Waals surface area (Å²) in [4.78, 5) is 14.5. The first-order chi connectivity index (χ1) is 18.8. The molecule has 0 saturated heterocycles. The number of carbonyl (C=O) groups excluding carboxylic acids is 1. The highest BCUT2D eigenvalue weighted by atomic mass is 32.2. The number of nitrogens with one attached hydrogen (secondary N) is 1. The molecule has 0 unspecified atom stereocenters. The summed E-state index contributed by atoms with van der Waals surface area (Å²) in [6.45, 7) is 5.83. The first-order valence-corrected chi connectivity index (χ1v) is 15.1. The van der Waals surface area contributed by atoms with Gasteiger partial charge in [-0.1, -0.05) is 48.0 Å². The topological polar surface area (TPSA) is 75.7 Å². The molecule has 4 aromatic carbocycles. The molecule has 0 spiro atoms. The van der Waals surface area contributed by atoms with E-state index in [-0.39, 0.29) is 11.4 Å². The van der Waals surface area contributed by atoms with Gasteiger partial charge in [-0.05, 0) is 86.5 Å². The summed E-state index contributed by atoms with van der Waals surface area (Å²) in [6.07, 6.45) is 0. The van der Waals surface area contributed by atoms with E-state index >= 15 is 0 Å². The van der Waals surface area contributed by atoms with Crippen molar-refractivity contribution >= 4 is 39.1 Å². The van der Waals surface area contributed by atoms with Gasteiger partial charge in [-0.25, -0.2) is 8.42 Å². The van der Waals surface area contributed by atoms with Gasteiger partial charge in [-0.15, -0.1) is 11.8 Å². The summed E-state index contributed by atoms with van der Waals surface area (Å²) in [5.74, 6) is 0.956. The highest BCUT2D eigenvalue weighted by Crippen LogP contribution is 2.27. The van der Waals surface area contributed by atoms with E-state index in [0.717, 1.165) is 26.7 Å². The molecule has 1 amide bonds. The highest BCUT2D eigenvalue weighted by molar-refractivity contribution is 7.98. The van der Waals surface area contributed by atoms with E-state index in [4.69, 9.17) is 4.74 Å². The number of carbonyl (C=O) groups is 1. The first-order valence-electron chi connectivity index (χ1n) is 12.7. The van der Waals surface area contributed by atoms with Crippen molar-refractivity contribution in [3.8, 4) is 5.75 Å². The lowest BCUT2D eigenvalue weighted by atomic mass is 10.1. The molecule has 0 aromatic heterocycles. The lowest BCUT2D eigenvalue weighted by Crippen LogP contribution is -2.38. The lowest BCUT2D eigenvalue weighted by Gasteiger charge is -2.24. The van der Waals surface area contributed by atoms with E-state index in [1.807, 2.05) is 69.3 Å². The molecule has 0 aliphatic carbocycles. The third kappa shape index (κ3) is 7.43. The maximum Gasteiger partial charge on any atom is 0.264 e. The second-order valence-corrected chi connectivity index (χ2v) is 12.0. The SMILES string of the molecule is CCOc1ccc(S(=O)(=O)N(CC(=O)Nc2ccc(CSc3ccccc3)cc2C)c2ccc(C)cc2)cc1. The van der Waals surface area contributed by atoms with Crippen LogP contribution in [0.4, 0.5) is 11.4 Å². The first kappa shape index (κ1) is 28.3. The van der Waals surface area contributed by atoms with Crippen molar-refractivity contribution in [2.45, 2.75) is 36.3 Å². The molecule has 0 aliphatic heterocycles. The standard InChI is InChI=1S/C31H32N2O4S2/c1-4-37-27-15-17-29(18-16-27)39(35,36)33(26-13-10-23(2)11-14-26)21-31(34)32-30-19-12-25(20-24(30)3)22-38-28-8-6-5-7-9-28/h5-20H,4,21-22H2,1-3H3,(H,32,34). The number of sulfonamides is 1. The number of anilines is 2. The van der Waals surface area contributed by atoms with Crippen LogP contribution in [0.2, 0.25) is 0 Å². The Morgan fingerprint density at radius 2 is 1.59 bits per heavy atom. The Labute approximate surface area is 235 Å². The van der Waals surface area contributed by atoms with Crippen molar-refractivity contribution in [2.75, 3.05) is 22.8 Å². The summed E-state index contributed by atoms with van der Waals surface area (Å²) < 4.78 is 33.9. The summed E-state index contributed by atoms with van der Waals surface area (Å²) >= 11 is 1.74. The average molecular weight is 561 g/mol. The van der Waals surface area contributed by atoms with Crippen LogP contribution in [0.5, 0.6) is 5.75 Å². The van der Waals surface area contributed by atoms with Gasteiger partial charge in [-0.2, -0.15) is 0 Å². The predicted molar refractivity (Wildman–Crippen MR) is 159 cm³/mol. The number of rotatable bonds is 11. The molecular formula is C31H32N2O4S2. The Bertz CT molecular complexity index is 1500. The summed E-state index contributed by atoms with van der Waals surface area (Å²) in [5, 5.41) is 2.90. The number of thioether (sulfide) groups is 1. The van der Waals surface area contributed by atoms with Gasteiger partial charge in [0.05, 0.1) is 17.2 Å². The smallest absolute Gasteiger partial charge is 0.264 e. The molecule has 0 radical (unpaired) electrons. The van der Waals surface area contributed by atoms with Gasteiger partial charge in [-0.3, -0.25) is 9.10 Å². The predicted octanol–water partition coefficient (Wildman–Crippen LogP) is 6.83. The van der Waals surface area contributed by atoms with Crippen molar-refractivity contribution < 1.29 is 17.9 Å².